The third-order valence-electron chi connectivity index (χ3n) is 3.28. The van der Waals surface area contributed by atoms with Crippen LogP contribution in [0.3, 0.4) is 0 Å². The minimum atomic E-state index is -3.45. The fourth-order valence-corrected chi connectivity index (χ4v) is 3.65. The Morgan fingerprint density at radius 3 is 2.60 bits per heavy atom. The van der Waals surface area contributed by atoms with Gasteiger partial charge in [-0.1, -0.05) is 43.3 Å². The minimum absolute atomic E-state index is 0.354. The van der Waals surface area contributed by atoms with Gasteiger partial charge in [-0.15, -0.1) is 0 Å². The molecular formula is C15H19NO2S2. The predicted molar refractivity (Wildman–Crippen MR) is 86.7 cm³/mol. The number of hydrogen-bond donors (Lipinski definition) is 1. The fourth-order valence-electron chi connectivity index (χ4n) is 2.02. The van der Waals surface area contributed by atoms with Gasteiger partial charge < -0.3 is 0 Å². The highest BCUT2D eigenvalue weighted by Gasteiger charge is 2.16. The van der Waals surface area contributed by atoms with Crippen LogP contribution in [0.5, 0.6) is 0 Å². The molecule has 108 valence electrons. The van der Waals surface area contributed by atoms with E-state index in [2.05, 4.69) is 11.6 Å². The topological polar surface area (TPSA) is 46.2 Å². The third kappa shape index (κ3) is 3.53. The zero-order valence-corrected chi connectivity index (χ0v) is 13.3. The van der Waals surface area contributed by atoms with Crippen molar-refractivity contribution >= 4 is 32.6 Å². The fraction of sp³-hybridized carbons (Fsp3) is 0.333. The maximum absolute atomic E-state index is 12.4. The molecule has 0 saturated carbocycles. The minimum Gasteiger partial charge on any atom is -0.211 e. The zero-order chi connectivity index (χ0) is 14.6. The van der Waals surface area contributed by atoms with Crippen molar-refractivity contribution in [3.8, 4) is 0 Å². The summed E-state index contributed by atoms with van der Waals surface area (Å²) < 4.78 is 27.5. The van der Waals surface area contributed by atoms with E-state index in [4.69, 9.17) is 0 Å². The summed E-state index contributed by atoms with van der Waals surface area (Å²) in [6.07, 6.45) is 2.86. The largest absolute Gasteiger partial charge is 0.241 e. The highest BCUT2D eigenvalue weighted by Crippen LogP contribution is 2.22. The van der Waals surface area contributed by atoms with Crippen molar-refractivity contribution in [1.82, 2.24) is 4.72 Å². The van der Waals surface area contributed by atoms with E-state index in [0.29, 0.717) is 16.7 Å². The van der Waals surface area contributed by atoms with E-state index >= 15 is 0 Å². The van der Waals surface area contributed by atoms with E-state index in [1.54, 1.807) is 23.9 Å². The molecule has 0 fully saturated rings. The molecule has 1 unspecified atom stereocenters. The summed E-state index contributed by atoms with van der Waals surface area (Å²) in [4.78, 5) is 0.354. The summed E-state index contributed by atoms with van der Waals surface area (Å²) in [7, 11) is -3.45. The van der Waals surface area contributed by atoms with Crippen LogP contribution >= 0.6 is 11.8 Å². The first-order valence-electron chi connectivity index (χ1n) is 6.55. The number of thioether (sulfide) groups is 1. The summed E-state index contributed by atoms with van der Waals surface area (Å²) in [6, 6.07) is 12.9. The van der Waals surface area contributed by atoms with Gasteiger partial charge >= 0.3 is 0 Å². The average molecular weight is 309 g/mol. The number of rotatable bonds is 6. The van der Waals surface area contributed by atoms with Crippen molar-refractivity contribution in [1.29, 1.82) is 0 Å². The Balaban J connectivity index is 2.24. The molecule has 0 bridgehead atoms. The SMILES string of the molecule is CSC(C)CCNS(=O)(=O)c1cccc2ccccc12. The molecule has 20 heavy (non-hydrogen) atoms. The molecule has 0 aliphatic rings. The van der Waals surface area contributed by atoms with Gasteiger partial charge in [0.25, 0.3) is 0 Å². The Bertz CT molecular complexity index is 678. The first kappa shape index (κ1) is 15.4. The highest BCUT2D eigenvalue weighted by atomic mass is 32.2. The van der Waals surface area contributed by atoms with Gasteiger partial charge in [0.15, 0.2) is 0 Å². The first-order chi connectivity index (χ1) is 9.54. The van der Waals surface area contributed by atoms with Crippen LogP contribution in [0.25, 0.3) is 10.8 Å². The summed E-state index contributed by atoms with van der Waals surface area (Å²) in [5.41, 5.74) is 0. The Labute approximate surface area is 124 Å². The van der Waals surface area contributed by atoms with Crippen LogP contribution in [-0.2, 0) is 10.0 Å². The van der Waals surface area contributed by atoms with Crippen molar-refractivity contribution in [3.05, 3.63) is 42.5 Å². The number of nitrogens with one attached hydrogen (secondary N) is 1. The Morgan fingerprint density at radius 2 is 1.85 bits per heavy atom. The predicted octanol–water partition coefficient (Wildman–Crippen LogP) is 3.26. The molecule has 0 spiro atoms. The van der Waals surface area contributed by atoms with E-state index in [9.17, 15) is 8.42 Å². The lowest BCUT2D eigenvalue weighted by Crippen LogP contribution is -2.26. The Morgan fingerprint density at radius 1 is 1.15 bits per heavy atom. The molecule has 0 aliphatic heterocycles. The van der Waals surface area contributed by atoms with Gasteiger partial charge in [0, 0.05) is 17.2 Å². The summed E-state index contributed by atoms with van der Waals surface area (Å²) in [5, 5.41) is 2.15. The number of benzene rings is 2. The molecule has 0 aliphatic carbocycles. The van der Waals surface area contributed by atoms with Crippen LogP contribution in [0.1, 0.15) is 13.3 Å². The van der Waals surface area contributed by atoms with E-state index in [1.165, 1.54) is 0 Å². The van der Waals surface area contributed by atoms with Gasteiger partial charge in [-0.25, -0.2) is 13.1 Å². The number of fused-ring (bicyclic) bond motifs is 1. The molecule has 0 aromatic heterocycles. The monoisotopic (exact) mass is 309 g/mol. The van der Waals surface area contributed by atoms with E-state index in [1.807, 2.05) is 36.6 Å². The van der Waals surface area contributed by atoms with Gasteiger partial charge in [-0.3, -0.25) is 0 Å². The molecule has 0 saturated heterocycles. The smallest absolute Gasteiger partial charge is 0.211 e. The van der Waals surface area contributed by atoms with Crippen LogP contribution in [0.4, 0.5) is 0 Å². The third-order valence-corrected chi connectivity index (χ3v) is 5.84. The standard InChI is InChI=1S/C15H19NO2S2/c1-12(19-2)10-11-16-20(17,18)15-9-5-7-13-6-3-4-8-14(13)15/h3-9,12,16H,10-11H2,1-2H3. The zero-order valence-electron chi connectivity index (χ0n) is 11.7. The second-order valence-corrected chi connectivity index (χ2v) is 7.72. The molecule has 3 nitrogen and oxygen atoms in total. The van der Waals surface area contributed by atoms with Crippen molar-refractivity contribution < 1.29 is 8.42 Å². The molecule has 2 aromatic carbocycles. The highest BCUT2D eigenvalue weighted by molar-refractivity contribution is 7.99. The second-order valence-electron chi connectivity index (χ2n) is 4.71. The molecule has 1 atom stereocenters. The molecule has 0 radical (unpaired) electrons. The normalized spacial score (nSPS) is 13.5. The van der Waals surface area contributed by atoms with Crippen molar-refractivity contribution in [2.45, 2.75) is 23.5 Å². The van der Waals surface area contributed by atoms with E-state index in [-0.39, 0.29) is 0 Å². The second kappa shape index (κ2) is 6.61. The summed E-state index contributed by atoms with van der Waals surface area (Å²) in [5.74, 6) is 0. The van der Waals surface area contributed by atoms with Crippen LogP contribution < -0.4 is 4.72 Å². The van der Waals surface area contributed by atoms with Gasteiger partial charge in [0.2, 0.25) is 10.0 Å². The molecule has 0 amide bonds. The number of sulfonamides is 1. The maximum atomic E-state index is 12.4. The lowest BCUT2D eigenvalue weighted by molar-refractivity contribution is 0.580. The molecule has 2 aromatic rings. The number of hydrogen-bond acceptors (Lipinski definition) is 3. The lowest BCUT2D eigenvalue weighted by atomic mass is 10.1. The van der Waals surface area contributed by atoms with Crippen molar-refractivity contribution in [2.75, 3.05) is 12.8 Å². The molecule has 2 rings (SSSR count). The van der Waals surface area contributed by atoms with Crippen molar-refractivity contribution in [2.24, 2.45) is 0 Å². The molecule has 0 heterocycles. The van der Waals surface area contributed by atoms with Gasteiger partial charge in [-0.2, -0.15) is 11.8 Å². The Kier molecular flexibility index (Phi) is 5.07. The quantitative estimate of drug-likeness (QED) is 0.891. The van der Waals surface area contributed by atoms with Gasteiger partial charge in [0.1, 0.15) is 0 Å². The summed E-state index contributed by atoms with van der Waals surface area (Å²) in [6.45, 7) is 2.56. The first-order valence-corrected chi connectivity index (χ1v) is 9.32. The van der Waals surface area contributed by atoms with Crippen LogP contribution in [-0.4, -0.2) is 26.5 Å². The van der Waals surface area contributed by atoms with Crippen LogP contribution in [0.2, 0.25) is 0 Å². The van der Waals surface area contributed by atoms with Gasteiger partial charge in [-0.05, 0) is 24.1 Å². The molecule has 1 N–H and O–H groups in total. The lowest BCUT2D eigenvalue weighted by Gasteiger charge is -2.11. The summed E-state index contributed by atoms with van der Waals surface area (Å²) >= 11 is 1.74. The van der Waals surface area contributed by atoms with Crippen LogP contribution in [0.15, 0.2) is 47.4 Å². The van der Waals surface area contributed by atoms with E-state index < -0.39 is 10.0 Å². The molecule has 5 heteroatoms. The maximum Gasteiger partial charge on any atom is 0.241 e. The van der Waals surface area contributed by atoms with E-state index in [0.717, 1.165) is 17.2 Å². The Hall–Kier alpha value is -1.04. The average Bonchev–Trinajstić information content (AvgIpc) is 2.46. The van der Waals surface area contributed by atoms with Crippen molar-refractivity contribution in [3.63, 3.8) is 0 Å². The van der Waals surface area contributed by atoms with Crippen LogP contribution in [0, 0.1) is 0 Å². The molecular weight excluding hydrogens is 290 g/mol. The van der Waals surface area contributed by atoms with Gasteiger partial charge in [0.05, 0.1) is 4.90 Å².